The number of benzene rings is 2. The predicted molar refractivity (Wildman–Crippen MR) is 105 cm³/mol. The second-order valence-electron chi connectivity index (χ2n) is 5.45. The lowest BCUT2D eigenvalue weighted by Gasteiger charge is -2.15. The zero-order valence-corrected chi connectivity index (χ0v) is 16.5. The molecular weight excluding hydrogens is 391 g/mol. The summed E-state index contributed by atoms with van der Waals surface area (Å²) in [6.45, 7) is 4.64. The fourth-order valence-electron chi connectivity index (χ4n) is 2.20. The minimum absolute atomic E-state index is 0.215. The Morgan fingerprint density at radius 2 is 1.67 bits per heavy atom. The van der Waals surface area contributed by atoms with Crippen molar-refractivity contribution in [1.82, 2.24) is 10.9 Å². The summed E-state index contributed by atoms with van der Waals surface area (Å²) >= 11 is 12.2. The first-order valence-corrected chi connectivity index (χ1v) is 9.17. The maximum atomic E-state index is 12.4. The fraction of sp³-hybridized carbons (Fsp3) is 0.263. The zero-order chi connectivity index (χ0) is 19.8. The minimum Gasteiger partial charge on any atom is -0.490 e. The lowest BCUT2D eigenvalue weighted by Crippen LogP contribution is -2.41. The second-order valence-corrected chi connectivity index (χ2v) is 6.27. The molecule has 2 rings (SSSR count). The Labute approximate surface area is 167 Å². The van der Waals surface area contributed by atoms with Gasteiger partial charge in [-0.25, -0.2) is 0 Å². The molecule has 27 heavy (non-hydrogen) atoms. The quantitative estimate of drug-likeness (QED) is 0.668. The van der Waals surface area contributed by atoms with Gasteiger partial charge in [0.05, 0.1) is 28.8 Å². The summed E-state index contributed by atoms with van der Waals surface area (Å²) in [5, 5.41) is 0.528. The van der Waals surface area contributed by atoms with E-state index >= 15 is 0 Å². The van der Waals surface area contributed by atoms with Gasteiger partial charge in [-0.3, -0.25) is 20.4 Å². The molecule has 0 aliphatic rings. The van der Waals surface area contributed by atoms with Gasteiger partial charge >= 0.3 is 0 Å². The van der Waals surface area contributed by atoms with Crippen LogP contribution in [0.4, 0.5) is 0 Å². The third kappa shape index (κ3) is 5.52. The summed E-state index contributed by atoms with van der Waals surface area (Å²) in [7, 11) is 0. The van der Waals surface area contributed by atoms with Crippen LogP contribution in [0.1, 0.15) is 41.0 Å². The van der Waals surface area contributed by atoms with Crippen molar-refractivity contribution >= 4 is 35.0 Å². The van der Waals surface area contributed by atoms with E-state index in [-0.39, 0.29) is 21.2 Å². The van der Waals surface area contributed by atoms with Crippen molar-refractivity contribution in [2.75, 3.05) is 13.2 Å². The van der Waals surface area contributed by atoms with Gasteiger partial charge in [0, 0.05) is 5.56 Å². The molecule has 0 fully saturated rings. The number of carbonyl (C=O) groups is 2. The van der Waals surface area contributed by atoms with Gasteiger partial charge in [0.2, 0.25) is 0 Å². The Bertz CT molecular complexity index is 827. The van der Waals surface area contributed by atoms with E-state index < -0.39 is 11.8 Å². The number of hydrogen-bond donors (Lipinski definition) is 2. The van der Waals surface area contributed by atoms with Crippen molar-refractivity contribution in [1.29, 1.82) is 0 Å². The van der Waals surface area contributed by atoms with Gasteiger partial charge in [0.25, 0.3) is 11.8 Å². The lowest BCUT2D eigenvalue weighted by molar-refractivity contribution is 0.0846. The van der Waals surface area contributed by atoms with Crippen LogP contribution >= 0.6 is 23.2 Å². The highest BCUT2D eigenvalue weighted by molar-refractivity contribution is 6.34. The van der Waals surface area contributed by atoms with Crippen molar-refractivity contribution in [3.8, 4) is 11.5 Å². The molecule has 144 valence electrons. The van der Waals surface area contributed by atoms with E-state index in [4.69, 9.17) is 32.7 Å². The molecule has 0 spiro atoms. The number of carbonyl (C=O) groups excluding carboxylic acids is 2. The van der Waals surface area contributed by atoms with E-state index in [0.717, 1.165) is 6.42 Å². The molecule has 0 aliphatic carbocycles. The first kappa shape index (κ1) is 20.9. The highest BCUT2D eigenvalue weighted by Gasteiger charge is 2.17. The molecule has 0 radical (unpaired) electrons. The van der Waals surface area contributed by atoms with Crippen molar-refractivity contribution in [3.05, 3.63) is 57.6 Å². The molecule has 8 heteroatoms. The molecule has 0 aromatic heterocycles. The van der Waals surface area contributed by atoms with Crippen LogP contribution in [0.2, 0.25) is 10.0 Å². The van der Waals surface area contributed by atoms with Crippen molar-refractivity contribution in [2.45, 2.75) is 20.3 Å². The van der Waals surface area contributed by atoms with Crippen molar-refractivity contribution < 1.29 is 19.1 Å². The zero-order valence-electron chi connectivity index (χ0n) is 15.0. The Hall–Kier alpha value is -2.44. The summed E-state index contributed by atoms with van der Waals surface area (Å²) in [5.41, 5.74) is 5.11. The first-order chi connectivity index (χ1) is 13.0. The van der Waals surface area contributed by atoms with Crippen LogP contribution < -0.4 is 20.3 Å². The highest BCUT2D eigenvalue weighted by atomic mass is 35.5. The largest absolute Gasteiger partial charge is 0.490 e. The molecule has 2 N–H and O–H groups in total. The van der Waals surface area contributed by atoms with Crippen LogP contribution in [0, 0.1) is 0 Å². The SMILES string of the molecule is CCCOc1c(Cl)cc(C(=O)NNC(=O)c2ccccc2Cl)cc1OCC. The molecule has 0 saturated carbocycles. The van der Waals surface area contributed by atoms with E-state index in [2.05, 4.69) is 10.9 Å². The third-order valence-corrected chi connectivity index (χ3v) is 4.04. The van der Waals surface area contributed by atoms with Crippen LogP contribution in [-0.2, 0) is 0 Å². The third-order valence-electron chi connectivity index (χ3n) is 3.43. The van der Waals surface area contributed by atoms with Gasteiger partial charge in [0.1, 0.15) is 0 Å². The van der Waals surface area contributed by atoms with Gasteiger partial charge in [0.15, 0.2) is 11.5 Å². The number of rotatable bonds is 7. The Balaban J connectivity index is 2.13. The van der Waals surface area contributed by atoms with E-state index in [9.17, 15) is 9.59 Å². The molecule has 6 nitrogen and oxygen atoms in total. The van der Waals surface area contributed by atoms with Gasteiger partial charge in [-0.2, -0.15) is 0 Å². The standard InChI is InChI=1S/C19H20Cl2N2O4/c1-3-9-27-17-15(21)10-12(11-16(17)26-4-2)18(24)22-23-19(25)13-7-5-6-8-14(13)20/h5-8,10-11H,3-4,9H2,1-2H3,(H,22,24)(H,23,25). The van der Waals surface area contributed by atoms with Crippen LogP contribution in [0.5, 0.6) is 11.5 Å². The van der Waals surface area contributed by atoms with E-state index in [0.29, 0.717) is 24.7 Å². The molecule has 2 amide bonds. The molecule has 2 aromatic rings. The molecule has 2 aromatic carbocycles. The summed E-state index contributed by atoms with van der Waals surface area (Å²) in [4.78, 5) is 24.5. The van der Waals surface area contributed by atoms with E-state index in [1.165, 1.54) is 12.1 Å². The predicted octanol–water partition coefficient (Wildman–Crippen LogP) is 4.26. The maximum Gasteiger partial charge on any atom is 0.271 e. The fourth-order valence-corrected chi connectivity index (χ4v) is 2.69. The second kappa shape index (κ2) is 10.0. The average Bonchev–Trinajstić information content (AvgIpc) is 2.65. The topological polar surface area (TPSA) is 76.7 Å². The lowest BCUT2D eigenvalue weighted by atomic mass is 10.2. The summed E-state index contributed by atoms with van der Waals surface area (Å²) < 4.78 is 11.1. The Morgan fingerprint density at radius 1 is 0.963 bits per heavy atom. The van der Waals surface area contributed by atoms with Gasteiger partial charge < -0.3 is 9.47 Å². The molecule has 0 bridgehead atoms. The normalized spacial score (nSPS) is 10.2. The van der Waals surface area contributed by atoms with Crippen LogP contribution in [0.3, 0.4) is 0 Å². The van der Waals surface area contributed by atoms with Crippen LogP contribution in [0.15, 0.2) is 36.4 Å². The van der Waals surface area contributed by atoms with Gasteiger partial charge in [-0.15, -0.1) is 0 Å². The average molecular weight is 411 g/mol. The summed E-state index contributed by atoms with van der Waals surface area (Å²) in [5.74, 6) is -0.341. The molecule has 0 unspecified atom stereocenters. The minimum atomic E-state index is -0.555. The first-order valence-electron chi connectivity index (χ1n) is 8.42. The monoisotopic (exact) mass is 410 g/mol. The number of ether oxygens (including phenoxy) is 2. The summed E-state index contributed by atoms with van der Waals surface area (Å²) in [6, 6.07) is 9.47. The molecular formula is C19H20Cl2N2O4. The van der Waals surface area contributed by atoms with Gasteiger partial charge in [-0.1, -0.05) is 42.3 Å². The van der Waals surface area contributed by atoms with E-state index in [1.807, 2.05) is 13.8 Å². The number of halogens is 2. The van der Waals surface area contributed by atoms with Crippen molar-refractivity contribution in [3.63, 3.8) is 0 Å². The number of hydrogen-bond acceptors (Lipinski definition) is 4. The Morgan fingerprint density at radius 3 is 2.33 bits per heavy atom. The number of amides is 2. The van der Waals surface area contributed by atoms with Crippen LogP contribution in [0.25, 0.3) is 0 Å². The molecule has 0 atom stereocenters. The maximum absolute atomic E-state index is 12.4. The van der Waals surface area contributed by atoms with Gasteiger partial charge in [-0.05, 0) is 37.6 Å². The summed E-state index contributed by atoms with van der Waals surface area (Å²) in [6.07, 6.45) is 0.804. The Kier molecular flexibility index (Phi) is 7.76. The number of hydrazine groups is 1. The smallest absolute Gasteiger partial charge is 0.271 e. The molecule has 0 heterocycles. The molecule has 0 saturated heterocycles. The van der Waals surface area contributed by atoms with Crippen molar-refractivity contribution in [2.24, 2.45) is 0 Å². The molecule has 0 aliphatic heterocycles. The van der Waals surface area contributed by atoms with Crippen LogP contribution in [-0.4, -0.2) is 25.0 Å². The van der Waals surface area contributed by atoms with E-state index in [1.54, 1.807) is 24.3 Å². The number of nitrogens with one attached hydrogen (secondary N) is 2. The highest BCUT2D eigenvalue weighted by Crippen LogP contribution is 2.36.